The van der Waals surface area contributed by atoms with Gasteiger partial charge in [-0.15, -0.1) is 11.3 Å². The molecule has 0 fully saturated rings. The third-order valence-electron chi connectivity index (χ3n) is 2.35. The van der Waals surface area contributed by atoms with Crippen LogP contribution >= 0.6 is 11.3 Å². The second-order valence-corrected chi connectivity index (χ2v) is 4.81. The summed E-state index contributed by atoms with van der Waals surface area (Å²) in [5, 5.41) is 9.56. The lowest BCUT2D eigenvalue weighted by Gasteiger charge is -2.11. The highest BCUT2D eigenvalue weighted by Crippen LogP contribution is 2.26. The van der Waals surface area contributed by atoms with Crippen LogP contribution in [-0.4, -0.2) is 30.2 Å². The Morgan fingerprint density at radius 2 is 1.94 bits per heavy atom. The molecule has 0 amide bonds. The normalized spacial score (nSPS) is 10.2. The first-order chi connectivity index (χ1) is 8.08. The van der Waals surface area contributed by atoms with E-state index in [0.717, 1.165) is 16.3 Å². The first kappa shape index (κ1) is 11.6. The zero-order valence-corrected chi connectivity index (χ0v) is 10.4. The highest BCUT2D eigenvalue weighted by molar-refractivity contribution is 7.16. The molecular formula is C12H12N2O2S. The Morgan fingerprint density at radius 3 is 2.41 bits per heavy atom. The van der Waals surface area contributed by atoms with Gasteiger partial charge in [0.15, 0.2) is 0 Å². The van der Waals surface area contributed by atoms with E-state index in [1.54, 1.807) is 0 Å². The standard InChI is InChI=1S/C12H12N2O2S/c1-14(2)9-5-3-8(4-6-9)11-13-7-10(17-11)12(15)16/h3-7H,1-2H3,(H,15,16). The molecule has 1 aromatic heterocycles. The van der Waals surface area contributed by atoms with Gasteiger partial charge in [-0.05, 0) is 24.3 Å². The lowest BCUT2D eigenvalue weighted by Crippen LogP contribution is -2.07. The molecule has 0 bridgehead atoms. The van der Waals surface area contributed by atoms with Gasteiger partial charge in [0.05, 0.1) is 6.20 Å². The summed E-state index contributed by atoms with van der Waals surface area (Å²) in [6, 6.07) is 7.86. The SMILES string of the molecule is CN(C)c1ccc(-c2ncc(C(=O)O)s2)cc1. The maximum atomic E-state index is 10.8. The zero-order chi connectivity index (χ0) is 12.4. The Morgan fingerprint density at radius 1 is 1.29 bits per heavy atom. The predicted molar refractivity (Wildman–Crippen MR) is 68.8 cm³/mol. The Labute approximate surface area is 103 Å². The lowest BCUT2D eigenvalue weighted by molar-refractivity contribution is 0.0702. The van der Waals surface area contributed by atoms with Crippen molar-refractivity contribution in [1.29, 1.82) is 0 Å². The van der Waals surface area contributed by atoms with E-state index in [1.807, 2.05) is 43.3 Å². The molecule has 2 rings (SSSR count). The molecule has 0 aliphatic rings. The highest BCUT2D eigenvalue weighted by atomic mass is 32.1. The van der Waals surface area contributed by atoms with Crippen LogP contribution in [0.1, 0.15) is 9.67 Å². The van der Waals surface area contributed by atoms with Gasteiger partial charge in [-0.3, -0.25) is 0 Å². The van der Waals surface area contributed by atoms with Gasteiger partial charge in [0, 0.05) is 25.3 Å². The summed E-state index contributed by atoms with van der Waals surface area (Å²) >= 11 is 1.18. The number of carboxylic acids is 1. The number of carbonyl (C=O) groups is 1. The third kappa shape index (κ3) is 2.45. The Balaban J connectivity index is 2.30. The van der Waals surface area contributed by atoms with Crippen LogP contribution in [-0.2, 0) is 0 Å². The van der Waals surface area contributed by atoms with Crippen LogP contribution in [0.4, 0.5) is 5.69 Å². The number of thiazole rings is 1. The summed E-state index contributed by atoms with van der Waals surface area (Å²) in [5.74, 6) is -0.932. The Hall–Kier alpha value is -1.88. The molecule has 4 nitrogen and oxygen atoms in total. The van der Waals surface area contributed by atoms with E-state index in [0.29, 0.717) is 0 Å². The largest absolute Gasteiger partial charge is 0.477 e. The quantitative estimate of drug-likeness (QED) is 0.907. The third-order valence-corrected chi connectivity index (χ3v) is 3.38. The molecule has 0 aliphatic carbocycles. The molecule has 0 spiro atoms. The minimum absolute atomic E-state index is 0.261. The van der Waals surface area contributed by atoms with Crippen molar-refractivity contribution < 1.29 is 9.90 Å². The van der Waals surface area contributed by atoms with Crippen LogP contribution < -0.4 is 4.90 Å². The van der Waals surface area contributed by atoms with Gasteiger partial charge < -0.3 is 10.0 Å². The lowest BCUT2D eigenvalue weighted by atomic mass is 10.2. The summed E-state index contributed by atoms with van der Waals surface area (Å²) in [4.78, 5) is 17.1. The molecule has 0 saturated carbocycles. The summed E-state index contributed by atoms with van der Waals surface area (Å²) in [6.45, 7) is 0. The van der Waals surface area contributed by atoms with E-state index in [1.165, 1.54) is 17.5 Å². The van der Waals surface area contributed by atoms with Gasteiger partial charge in [-0.25, -0.2) is 9.78 Å². The van der Waals surface area contributed by atoms with Gasteiger partial charge in [0.1, 0.15) is 9.88 Å². The number of hydrogen-bond donors (Lipinski definition) is 1. The number of rotatable bonds is 3. The molecule has 0 aliphatic heterocycles. The van der Waals surface area contributed by atoms with Gasteiger partial charge in [0.25, 0.3) is 0 Å². The minimum Gasteiger partial charge on any atom is -0.477 e. The van der Waals surface area contributed by atoms with Gasteiger partial charge in [0.2, 0.25) is 0 Å². The molecule has 0 radical (unpaired) electrons. The van der Waals surface area contributed by atoms with Crippen LogP contribution in [0.3, 0.4) is 0 Å². The predicted octanol–water partition coefficient (Wildman–Crippen LogP) is 2.57. The molecule has 2 aromatic rings. The van der Waals surface area contributed by atoms with Crippen molar-refractivity contribution in [1.82, 2.24) is 4.98 Å². The first-order valence-corrected chi connectivity index (χ1v) is 5.86. The Kier molecular flexibility index (Phi) is 3.10. The second kappa shape index (κ2) is 4.55. The van der Waals surface area contributed by atoms with Gasteiger partial charge in [-0.2, -0.15) is 0 Å². The van der Waals surface area contributed by atoms with E-state index in [9.17, 15) is 4.79 Å². The summed E-state index contributed by atoms with van der Waals surface area (Å²) in [6.07, 6.45) is 1.39. The Bertz CT molecular complexity index is 532. The van der Waals surface area contributed by atoms with Crippen LogP contribution in [0.5, 0.6) is 0 Å². The zero-order valence-electron chi connectivity index (χ0n) is 9.54. The molecule has 17 heavy (non-hydrogen) atoms. The topological polar surface area (TPSA) is 53.4 Å². The fourth-order valence-electron chi connectivity index (χ4n) is 1.41. The summed E-state index contributed by atoms with van der Waals surface area (Å²) < 4.78 is 0. The molecular weight excluding hydrogens is 236 g/mol. The average Bonchev–Trinajstić information content (AvgIpc) is 2.78. The van der Waals surface area contributed by atoms with E-state index in [-0.39, 0.29) is 4.88 Å². The number of aromatic carboxylic acids is 1. The molecule has 88 valence electrons. The fraction of sp³-hybridized carbons (Fsp3) is 0.167. The van der Waals surface area contributed by atoms with Crippen molar-refractivity contribution in [2.24, 2.45) is 0 Å². The minimum atomic E-state index is -0.932. The molecule has 0 saturated heterocycles. The maximum absolute atomic E-state index is 10.8. The van der Waals surface area contributed by atoms with Crippen LogP contribution in [0.2, 0.25) is 0 Å². The number of nitrogens with zero attached hydrogens (tertiary/aromatic N) is 2. The second-order valence-electron chi connectivity index (χ2n) is 3.78. The number of anilines is 1. The molecule has 1 heterocycles. The van der Waals surface area contributed by atoms with E-state index in [4.69, 9.17) is 5.11 Å². The maximum Gasteiger partial charge on any atom is 0.347 e. The molecule has 1 N–H and O–H groups in total. The highest BCUT2D eigenvalue weighted by Gasteiger charge is 2.09. The monoisotopic (exact) mass is 248 g/mol. The number of carboxylic acid groups (broad SMARTS) is 1. The summed E-state index contributed by atoms with van der Waals surface area (Å²) in [5.41, 5.74) is 2.04. The van der Waals surface area contributed by atoms with Gasteiger partial charge in [-0.1, -0.05) is 0 Å². The van der Waals surface area contributed by atoms with Crippen molar-refractivity contribution in [3.8, 4) is 10.6 Å². The first-order valence-electron chi connectivity index (χ1n) is 5.05. The van der Waals surface area contributed by atoms with Crippen LogP contribution in [0.25, 0.3) is 10.6 Å². The van der Waals surface area contributed by atoms with Crippen LogP contribution in [0.15, 0.2) is 30.5 Å². The van der Waals surface area contributed by atoms with E-state index >= 15 is 0 Å². The van der Waals surface area contributed by atoms with Crippen molar-refractivity contribution in [2.75, 3.05) is 19.0 Å². The molecule has 5 heteroatoms. The van der Waals surface area contributed by atoms with E-state index < -0.39 is 5.97 Å². The number of benzene rings is 1. The summed E-state index contributed by atoms with van der Waals surface area (Å²) in [7, 11) is 3.95. The molecule has 0 atom stereocenters. The van der Waals surface area contributed by atoms with Crippen LogP contribution in [0, 0.1) is 0 Å². The number of aromatic nitrogens is 1. The van der Waals surface area contributed by atoms with Crippen molar-refractivity contribution >= 4 is 23.0 Å². The molecule has 1 aromatic carbocycles. The van der Waals surface area contributed by atoms with Crippen molar-refractivity contribution in [3.05, 3.63) is 35.3 Å². The van der Waals surface area contributed by atoms with Gasteiger partial charge >= 0.3 is 5.97 Å². The fourth-order valence-corrected chi connectivity index (χ4v) is 2.17. The molecule has 0 unspecified atom stereocenters. The van der Waals surface area contributed by atoms with Crippen molar-refractivity contribution in [2.45, 2.75) is 0 Å². The smallest absolute Gasteiger partial charge is 0.347 e. The average molecular weight is 248 g/mol. The van der Waals surface area contributed by atoms with Crippen molar-refractivity contribution in [3.63, 3.8) is 0 Å². The van der Waals surface area contributed by atoms with E-state index in [2.05, 4.69) is 4.98 Å². The number of hydrogen-bond acceptors (Lipinski definition) is 4.